The molecule has 0 spiro atoms. The van der Waals surface area contributed by atoms with E-state index in [0.29, 0.717) is 18.6 Å². The van der Waals surface area contributed by atoms with Crippen LogP contribution in [0.15, 0.2) is 54.6 Å². The average Bonchev–Trinajstić information content (AvgIpc) is 2.63. The van der Waals surface area contributed by atoms with Crippen LogP contribution in [-0.2, 0) is 14.4 Å². The maximum Gasteiger partial charge on any atom is 0.151 e. The molecule has 3 rings (SSSR count). The zero-order valence-corrected chi connectivity index (χ0v) is 14.8. The van der Waals surface area contributed by atoms with Crippen molar-refractivity contribution in [3.05, 3.63) is 60.2 Å². The minimum absolute atomic E-state index is 0.161. The van der Waals surface area contributed by atoms with Crippen molar-refractivity contribution in [2.24, 2.45) is 5.92 Å². The van der Waals surface area contributed by atoms with Crippen molar-refractivity contribution in [1.82, 2.24) is 0 Å². The van der Waals surface area contributed by atoms with E-state index >= 15 is 0 Å². The third-order valence-electron chi connectivity index (χ3n) is 4.69. The summed E-state index contributed by atoms with van der Waals surface area (Å²) in [5, 5.41) is 0. The lowest BCUT2D eigenvalue weighted by atomic mass is 9.75. The summed E-state index contributed by atoms with van der Waals surface area (Å²) in [6.07, 6.45) is 1.43. The first-order valence-electron chi connectivity index (χ1n) is 8.99. The van der Waals surface area contributed by atoms with Crippen molar-refractivity contribution in [3.63, 3.8) is 0 Å². The maximum atomic E-state index is 12.3. The molecular formula is C22H22O4. The molecule has 1 saturated carbocycles. The number of rotatable bonds is 6. The summed E-state index contributed by atoms with van der Waals surface area (Å²) >= 11 is 0. The van der Waals surface area contributed by atoms with Crippen LogP contribution >= 0.6 is 0 Å². The van der Waals surface area contributed by atoms with Crippen LogP contribution in [0, 0.1) is 5.92 Å². The van der Waals surface area contributed by atoms with Gasteiger partial charge in [0.2, 0.25) is 0 Å². The van der Waals surface area contributed by atoms with E-state index in [1.165, 1.54) is 0 Å². The van der Waals surface area contributed by atoms with E-state index in [9.17, 15) is 14.4 Å². The van der Waals surface area contributed by atoms with Crippen LogP contribution in [0.25, 0.3) is 0 Å². The Morgan fingerprint density at radius 3 is 2.08 bits per heavy atom. The first kappa shape index (κ1) is 18.1. The number of Topliss-reactive ketones (excluding diaryl/α,β-unsaturated/α-hetero) is 3. The molecule has 0 unspecified atom stereocenters. The second-order valence-electron chi connectivity index (χ2n) is 6.67. The van der Waals surface area contributed by atoms with E-state index in [1.54, 1.807) is 0 Å². The molecule has 0 N–H and O–H groups in total. The molecule has 0 aliphatic heterocycles. The molecule has 1 aliphatic carbocycles. The molecule has 0 bridgehead atoms. The summed E-state index contributed by atoms with van der Waals surface area (Å²) in [6, 6.07) is 16.9. The summed E-state index contributed by atoms with van der Waals surface area (Å²) in [6.45, 7) is 1.87. The van der Waals surface area contributed by atoms with Gasteiger partial charge in [0.1, 0.15) is 17.4 Å². The zero-order chi connectivity index (χ0) is 18.5. The van der Waals surface area contributed by atoms with E-state index in [0.717, 1.165) is 11.3 Å². The molecule has 0 atom stereocenters. The van der Waals surface area contributed by atoms with Gasteiger partial charge in [-0.15, -0.1) is 0 Å². The van der Waals surface area contributed by atoms with Crippen LogP contribution < -0.4 is 4.74 Å². The number of hydrogen-bond acceptors (Lipinski definition) is 4. The van der Waals surface area contributed by atoms with Gasteiger partial charge < -0.3 is 4.74 Å². The Morgan fingerprint density at radius 2 is 1.50 bits per heavy atom. The summed E-state index contributed by atoms with van der Waals surface area (Å²) in [5.74, 6) is -0.459. The van der Waals surface area contributed by atoms with Crippen molar-refractivity contribution in [2.75, 3.05) is 0 Å². The van der Waals surface area contributed by atoms with Gasteiger partial charge >= 0.3 is 0 Å². The molecule has 0 amide bonds. The Hall–Kier alpha value is -2.75. The van der Waals surface area contributed by atoms with Crippen molar-refractivity contribution < 1.29 is 19.1 Å². The van der Waals surface area contributed by atoms with Gasteiger partial charge in [0.25, 0.3) is 0 Å². The highest BCUT2D eigenvalue weighted by Crippen LogP contribution is 2.34. The van der Waals surface area contributed by atoms with Gasteiger partial charge in [0.15, 0.2) is 17.3 Å². The summed E-state index contributed by atoms with van der Waals surface area (Å²) in [7, 11) is 0. The number of carbonyl (C=O) groups is 3. The Morgan fingerprint density at radius 1 is 0.923 bits per heavy atom. The Bertz CT molecular complexity index is 775. The molecule has 0 heterocycles. The van der Waals surface area contributed by atoms with E-state index < -0.39 is 5.92 Å². The largest absolute Gasteiger partial charge is 0.457 e. The minimum atomic E-state index is -1.04. The van der Waals surface area contributed by atoms with Crippen LogP contribution in [0.3, 0.4) is 0 Å². The number of benzene rings is 2. The lowest BCUT2D eigenvalue weighted by Gasteiger charge is -2.26. The molecule has 2 aromatic rings. The van der Waals surface area contributed by atoms with Crippen molar-refractivity contribution in [2.45, 2.75) is 38.5 Å². The molecule has 0 saturated heterocycles. The molecule has 2 aromatic carbocycles. The third kappa shape index (κ3) is 4.07. The fourth-order valence-electron chi connectivity index (χ4n) is 3.39. The van der Waals surface area contributed by atoms with Crippen LogP contribution in [0.2, 0.25) is 0 Å². The zero-order valence-electron chi connectivity index (χ0n) is 14.8. The molecule has 0 radical (unpaired) electrons. The van der Waals surface area contributed by atoms with E-state index in [4.69, 9.17) is 4.74 Å². The number of carbonyl (C=O) groups excluding carboxylic acids is 3. The molecule has 0 aromatic heterocycles. The molecule has 134 valence electrons. The van der Waals surface area contributed by atoms with Crippen LogP contribution in [0.1, 0.15) is 44.1 Å². The summed E-state index contributed by atoms with van der Waals surface area (Å²) < 4.78 is 5.76. The Labute approximate surface area is 153 Å². The number of ketones is 3. The maximum absolute atomic E-state index is 12.3. The molecule has 26 heavy (non-hydrogen) atoms. The second kappa shape index (κ2) is 8.09. The van der Waals surface area contributed by atoms with Gasteiger partial charge in [-0.2, -0.15) is 0 Å². The first-order chi connectivity index (χ1) is 12.6. The lowest BCUT2D eigenvalue weighted by molar-refractivity contribution is -0.142. The van der Waals surface area contributed by atoms with E-state index in [-0.39, 0.29) is 36.1 Å². The van der Waals surface area contributed by atoms with Crippen molar-refractivity contribution >= 4 is 17.3 Å². The van der Waals surface area contributed by atoms with Gasteiger partial charge in [-0.1, -0.05) is 37.3 Å². The summed E-state index contributed by atoms with van der Waals surface area (Å²) in [5.41, 5.74) is 0.925. The van der Waals surface area contributed by atoms with Gasteiger partial charge in [0.05, 0.1) is 0 Å². The first-order valence-corrected chi connectivity index (χ1v) is 8.99. The van der Waals surface area contributed by atoms with Gasteiger partial charge in [-0.3, -0.25) is 14.4 Å². The molecule has 1 aliphatic rings. The van der Waals surface area contributed by atoms with Gasteiger partial charge in [-0.05, 0) is 42.2 Å². The van der Waals surface area contributed by atoms with Gasteiger partial charge in [0, 0.05) is 19.3 Å². The van der Waals surface area contributed by atoms with Gasteiger partial charge in [-0.25, -0.2) is 0 Å². The highest BCUT2D eigenvalue weighted by molar-refractivity contribution is 6.20. The number of para-hydroxylation sites is 1. The fraction of sp³-hybridized carbons (Fsp3) is 0.318. The normalized spacial score (nSPS) is 20.0. The minimum Gasteiger partial charge on any atom is -0.457 e. The topological polar surface area (TPSA) is 60.4 Å². The van der Waals surface area contributed by atoms with E-state index in [2.05, 4.69) is 0 Å². The lowest BCUT2D eigenvalue weighted by Crippen LogP contribution is -2.37. The molecule has 1 fully saturated rings. The average molecular weight is 350 g/mol. The predicted molar refractivity (Wildman–Crippen MR) is 98.4 cm³/mol. The van der Waals surface area contributed by atoms with Crippen molar-refractivity contribution in [3.8, 4) is 11.5 Å². The van der Waals surface area contributed by atoms with E-state index in [1.807, 2.05) is 61.5 Å². The van der Waals surface area contributed by atoms with Crippen LogP contribution in [0.5, 0.6) is 11.5 Å². The smallest absolute Gasteiger partial charge is 0.151 e. The monoisotopic (exact) mass is 350 g/mol. The Balaban J connectivity index is 1.68. The molecule has 4 heteroatoms. The van der Waals surface area contributed by atoms with Crippen molar-refractivity contribution in [1.29, 1.82) is 0 Å². The quantitative estimate of drug-likeness (QED) is 0.721. The highest BCUT2D eigenvalue weighted by Gasteiger charge is 2.39. The SMILES string of the molecule is CCCC(=O)C1C(=O)CC(c2ccc(Oc3ccccc3)cc2)CC1=O. The molecule has 4 nitrogen and oxygen atoms in total. The number of ether oxygens (including phenoxy) is 1. The summed E-state index contributed by atoms with van der Waals surface area (Å²) in [4.78, 5) is 36.7. The standard InChI is InChI=1S/C22H22O4/c1-2-6-19(23)22-20(24)13-16(14-21(22)25)15-9-11-18(12-10-15)26-17-7-4-3-5-8-17/h3-5,7-12,16,22H,2,6,13-14H2,1H3. The fourth-order valence-corrected chi connectivity index (χ4v) is 3.39. The highest BCUT2D eigenvalue weighted by atomic mass is 16.5. The second-order valence-corrected chi connectivity index (χ2v) is 6.67. The number of hydrogen-bond donors (Lipinski definition) is 0. The molecular weight excluding hydrogens is 328 g/mol. The Kier molecular flexibility index (Phi) is 5.61. The van der Waals surface area contributed by atoms with Crippen LogP contribution in [-0.4, -0.2) is 17.3 Å². The predicted octanol–water partition coefficient (Wildman–Crippen LogP) is 4.48. The third-order valence-corrected chi connectivity index (χ3v) is 4.69. The van der Waals surface area contributed by atoms with Crippen LogP contribution in [0.4, 0.5) is 0 Å².